The van der Waals surface area contributed by atoms with Crippen molar-refractivity contribution in [3.05, 3.63) is 35.4 Å². The molecule has 0 aromatic heterocycles. The van der Waals surface area contributed by atoms with Gasteiger partial charge < -0.3 is 47.5 Å². The van der Waals surface area contributed by atoms with Crippen molar-refractivity contribution in [3.8, 4) is 0 Å². The van der Waals surface area contributed by atoms with Gasteiger partial charge in [-0.1, -0.05) is 53.7 Å². The number of fused-ring (bicyclic) bond motifs is 1. The van der Waals surface area contributed by atoms with E-state index in [1.165, 1.54) is 0 Å². The molecule has 2 amide bonds. The van der Waals surface area contributed by atoms with Crippen molar-refractivity contribution in [2.24, 2.45) is 0 Å². The fraction of sp³-hybridized carbons (Fsp3) is 0.800. The van der Waals surface area contributed by atoms with E-state index in [1.807, 2.05) is 13.8 Å². The Balaban J connectivity index is 0.00000240. The number of carbonyl (C=O) groups excluding carboxylic acids is 2. The van der Waals surface area contributed by atoms with Gasteiger partial charge in [-0.3, -0.25) is 14.5 Å². The molecule has 58 heavy (non-hydrogen) atoms. The summed E-state index contributed by atoms with van der Waals surface area (Å²) < 4.78 is 69.0. The van der Waals surface area contributed by atoms with Gasteiger partial charge in [-0.15, -0.1) is 0 Å². The molecule has 0 aliphatic carbocycles. The Morgan fingerprint density at radius 1 is 0.759 bits per heavy atom. The third kappa shape index (κ3) is 10.6. The predicted molar refractivity (Wildman–Crippen MR) is 212 cm³/mol. The maximum atomic E-state index is 14.2. The van der Waals surface area contributed by atoms with Crippen LogP contribution in [-0.2, 0) is 61.7 Å². The molecule has 18 heteroatoms. The van der Waals surface area contributed by atoms with Gasteiger partial charge in [0, 0.05) is 0 Å². The summed E-state index contributed by atoms with van der Waals surface area (Å²) in [6, 6.07) is 5.07. The molecule has 0 bridgehead atoms. The number of aliphatic hydroxyl groups is 2. The van der Waals surface area contributed by atoms with Crippen LogP contribution in [0.5, 0.6) is 0 Å². The zero-order valence-corrected chi connectivity index (χ0v) is 41.6. The Kier molecular flexibility index (Phi) is 14.8. The van der Waals surface area contributed by atoms with Gasteiger partial charge >= 0.3 is 24.4 Å². The van der Waals surface area contributed by atoms with Crippen molar-refractivity contribution in [1.82, 2.24) is 4.90 Å². The predicted octanol–water partition coefficient (Wildman–Crippen LogP) is 5.74. The molecular formula is C40H67NO14OsSi2. The zero-order chi connectivity index (χ0) is 44.2. The van der Waals surface area contributed by atoms with Crippen molar-refractivity contribution in [2.75, 3.05) is 13.2 Å². The van der Waals surface area contributed by atoms with Crippen LogP contribution in [0.1, 0.15) is 104 Å². The molecule has 2 N–H and O–H groups in total. The van der Waals surface area contributed by atoms with Gasteiger partial charge in [0.15, 0.2) is 34.0 Å². The first-order valence-electron chi connectivity index (χ1n) is 19.9. The molecule has 1 aromatic carbocycles. The summed E-state index contributed by atoms with van der Waals surface area (Å²) in [5, 5.41) is 24.8. The van der Waals surface area contributed by atoms with Gasteiger partial charge in [0.1, 0.15) is 48.8 Å². The fourth-order valence-electron chi connectivity index (χ4n) is 7.24. The second kappa shape index (κ2) is 17.4. The second-order valence-corrected chi connectivity index (χ2v) is 30.0. The van der Waals surface area contributed by atoms with Crippen molar-refractivity contribution in [1.29, 1.82) is 0 Å². The summed E-state index contributed by atoms with van der Waals surface area (Å²) in [4.78, 5) is 29.4. The number of hydrogen-bond acceptors (Lipinski definition) is 14. The molecule has 9 atom stereocenters. The van der Waals surface area contributed by atoms with Crippen LogP contribution in [0.4, 0.5) is 0 Å². The van der Waals surface area contributed by atoms with Crippen molar-refractivity contribution >= 4 is 28.4 Å². The van der Waals surface area contributed by atoms with E-state index in [4.69, 9.17) is 44.4 Å². The summed E-state index contributed by atoms with van der Waals surface area (Å²) in [6.45, 7) is 32.1. The van der Waals surface area contributed by atoms with Gasteiger partial charge in [-0.05, 0) is 89.9 Å². The number of rotatable bonds is 12. The summed E-state index contributed by atoms with van der Waals surface area (Å²) in [7, 11) is -4.85. The summed E-state index contributed by atoms with van der Waals surface area (Å²) in [5.74, 6) is -4.54. The van der Waals surface area contributed by atoms with Gasteiger partial charge in [0.25, 0.3) is 11.8 Å². The molecule has 5 rings (SSSR count). The molecule has 4 aliphatic heterocycles. The first-order valence-corrected chi connectivity index (χ1v) is 27.7. The van der Waals surface area contributed by atoms with Crippen molar-refractivity contribution in [2.45, 2.75) is 192 Å². The number of hydrogen-bond donors (Lipinski definition) is 2. The SMILES string of the molecule is CC1(C)O[C@@H]([C@H](O[Si](C)(C)C(C)(C)C)[C@H]2COC(C)(C)O2)[C@@H]([C@@H](O)[C@@H](O)[C@H]([C@@H]2OC(C)(C)O[C@H]2CO[Si](C)(C)C(C)(C)C)N2C(=O)c3ccccc3C2=O)O1.[O]=[Os]=[O]. The zero-order valence-electron chi connectivity index (χ0n) is 37.0. The second-order valence-electron chi connectivity index (χ2n) is 20.0. The Morgan fingerprint density at radius 2 is 1.22 bits per heavy atom. The number of carbonyl (C=O) groups is 2. The molecule has 332 valence electrons. The molecule has 0 unspecified atom stereocenters. The van der Waals surface area contributed by atoms with Crippen LogP contribution >= 0.6 is 0 Å². The molecule has 15 nitrogen and oxygen atoms in total. The van der Waals surface area contributed by atoms with E-state index in [0.29, 0.717) is 0 Å². The summed E-state index contributed by atoms with van der Waals surface area (Å²) in [6.07, 6.45) is -9.02. The summed E-state index contributed by atoms with van der Waals surface area (Å²) in [5.41, 5.74) is 0.379. The molecule has 1 aromatic rings. The number of imide groups is 1. The van der Waals surface area contributed by atoms with Crippen molar-refractivity contribution < 1.29 is 81.5 Å². The molecule has 3 fully saturated rings. The Bertz CT molecular complexity index is 1650. The third-order valence-electron chi connectivity index (χ3n) is 12.3. The molecule has 3 saturated heterocycles. The van der Waals surface area contributed by atoms with Gasteiger partial charge in [-0.2, -0.15) is 0 Å². The molecule has 0 spiro atoms. The minimum atomic E-state index is -2.53. The topological polar surface area (TPSA) is 186 Å². The van der Waals surface area contributed by atoms with E-state index in [9.17, 15) is 19.8 Å². The summed E-state index contributed by atoms with van der Waals surface area (Å²) >= 11 is -2.08. The molecule has 0 saturated carbocycles. The maximum absolute atomic E-state index is 14.2. The molecular weight excluding hydrogens is 965 g/mol. The van der Waals surface area contributed by atoms with Gasteiger partial charge in [0.2, 0.25) is 0 Å². The van der Waals surface area contributed by atoms with Crippen LogP contribution in [0.25, 0.3) is 0 Å². The third-order valence-corrected chi connectivity index (χ3v) is 21.2. The van der Waals surface area contributed by atoms with Crippen LogP contribution in [0.2, 0.25) is 36.3 Å². The average Bonchev–Trinajstić information content (AvgIpc) is 3.78. The quantitative estimate of drug-likeness (QED) is 0.191. The van der Waals surface area contributed by atoms with Crippen molar-refractivity contribution in [3.63, 3.8) is 0 Å². The monoisotopic (exact) mass is 1030 g/mol. The Morgan fingerprint density at radius 3 is 1.69 bits per heavy atom. The molecule has 4 aliphatic rings. The van der Waals surface area contributed by atoms with Crippen LogP contribution in [0.3, 0.4) is 0 Å². The van der Waals surface area contributed by atoms with Gasteiger partial charge in [-0.25, -0.2) is 0 Å². The normalized spacial score (nSPS) is 29.1. The number of amides is 2. The van der Waals surface area contributed by atoms with Crippen LogP contribution in [-0.4, -0.2) is 129 Å². The standard InChI is InChI=1S/C40H67NO12Si2.2O.Os/c1-36(2,3)54(13,14)47-22-26-30(50-39(9,10)49-26)27(41-34(44)23-19-17-18-20-24(23)35(41)45)28(42)29(43)32-33(52-40(11,12)51-32)31(25-21-46-38(7,8)48-25)53-55(15,16)37(4,5)6;;;/h17-20,25-33,42-43H,21-22H2,1-16H3;;;/t25-,26+,27-,28+,29+,30-,31-,32-,33+;;;/m1.../s1. The Labute approximate surface area is 353 Å². The Hall–Kier alpha value is -1.37. The van der Waals surface area contributed by atoms with E-state index in [1.54, 1.807) is 52.0 Å². The number of nitrogens with zero attached hydrogens (tertiary/aromatic N) is 1. The van der Waals surface area contributed by atoms with Crippen LogP contribution in [0, 0.1) is 0 Å². The number of ether oxygens (including phenoxy) is 6. The van der Waals surface area contributed by atoms with Crippen LogP contribution in [0.15, 0.2) is 24.3 Å². The van der Waals surface area contributed by atoms with E-state index in [-0.39, 0.29) is 34.4 Å². The minimum absolute atomic E-state index is 0.0724. The van der Waals surface area contributed by atoms with E-state index < -0.39 is 118 Å². The number of benzene rings is 1. The van der Waals surface area contributed by atoms with E-state index >= 15 is 0 Å². The number of aliphatic hydroxyl groups excluding tert-OH is 2. The molecule has 0 radical (unpaired) electrons. The van der Waals surface area contributed by atoms with Crippen LogP contribution < -0.4 is 0 Å². The average molecular weight is 1030 g/mol. The fourth-order valence-corrected chi connectivity index (χ4v) is 9.58. The first kappa shape index (κ1) is 49.3. The van der Waals surface area contributed by atoms with Gasteiger partial charge in [0.05, 0.1) is 30.4 Å². The van der Waals surface area contributed by atoms with E-state index in [0.717, 1.165) is 4.90 Å². The molecule has 4 heterocycles. The first-order chi connectivity index (χ1) is 26.3. The van der Waals surface area contributed by atoms with E-state index in [2.05, 4.69) is 67.7 Å².